The standard InChI is InChI=1S/C16H16F3N3O3/c1-24-11-5-3-4-10(8-11)9-21-6-7-22-14(21)12(15(23)25-2)13(20-22)16(17,18)19/h3-5,8H,6-7,9H2,1-2H3. The molecule has 0 N–H and O–H groups in total. The highest BCUT2D eigenvalue weighted by molar-refractivity contribution is 5.96. The van der Waals surface area contributed by atoms with Crippen molar-refractivity contribution in [3.05, 3.63) is 41.1 Å². The molecule has 0 spiro atoms. The van der Waals surface area contributed by atoms with Crippen LogP contribution in [-0.2, 0) is 24.0 Å². The van der Waals surface area contributed by atoms with Gasteiger partial charge < -0.3 is 14.4 Å². The van der Waals surface area contributed by atoms with Crippen LogP contribution in [0.3, 0.4) is 0 Å². The largest absolute Gasteiger partial charge is 0.497 e. The number of benzene rings is 1. The molecule has 9 heteroatoms. The van der Waals surface area contributed by atoms with Gasteiger partial charge >= 0.3 is 12.1 Å². The quantitative estimate of drug-likeness (QED) is 0.790. The van der Waals surface area contributed by atoms with Crippen molar-refractivity contribution in [3.63, 3.8) is 0 Å². The first kappa shape index (κ1) is 17.1. The normalized spacial score (nSPS) is 13.7. The molecule has 2 heterocycles. The van der Waals surface area contributed by atoms with Crippen molar-refractivity contribution in [1.29, 1.82) is 0 Å². The van der Waals surface area contributed by atoms with Crippen LogP contribution in [-0.4, -0.2) is 36.5 Å². The van der Waals surface area contributed by atoms with Gasteiger partial charge in [-0.05, 0) is 17.7 Å². The van der Waals surface area contributed by atoms with Crippen molar-refractivity contribution in [3.8, 4) is 5.75 Å². The molecule has 1 aliphatic heterocycles. The highest BCUT2D eigenvalue weighted by Crippen LogP contribution is 2.38. The van der Waals surface area contributed by atoms with Crippen molar-refractivity contribution < 1.29 is 27.4 Å². The number of halogens is 3. The lowest BCUT2D eigenvalue weighted by Crippen LogP contribution is -2.23. The summed E-state index contributed by atoms with van der Waals surface area (Å²) in [4.78, 5) is 13.7. The lowest BCUT2D eigenvalue weighted by Gasteiger charge is -2.19. The fourth-order valence-corrected chi connectivity index (χ4v) is 2.89. The number of nitrogens with zero attached hydrogens (tertiary/aromatic N) is 3. The minimum atomic E-state index is -4.73. The third-order valence-electron chi connectivity index (χ3n) is 3.97. The monoisotopic (exact) mass is 355 g/mol. The Morgan fingerprint density at radius 2 is 2.04 bits per heavy atom. The Kier molecular flexibility index (Phi) is 4.32. The van der Waals surface area contributed by atoms with E-state index in [1.54, 1.807) is 23.1 Å². The van der Waals surface area contributed by atoms with Crippen molar-refractivity contribution >= 4 is 11.8 Å². The number of carbonyl (C=O) groups excluding carboxylic acids is 1. The Balaban J connectivity index is 2.00. The molecule has 2 aromatic rings. The Labute approximate surface area is 141 Å². The Morgan fingerprint density at radius 3 is 2.68 bits per heavy atom. The van der Waals surface area contributed by atoms with E-state index >= 15 is 0 Å². The average Bonchev–Trinajstić information content (AvgIpc) is 3.14. The van der Waals surface area contributed by atoms with Crippen LogP contribution in [0.4, 0.5) is 19.0 Å². The fraction of sp³-hybridized carbons (Fsp3) is 0.375. The number of methoxy groups -OCH3 is 2. The van der Waals surface area contributed by atoms with Crippen molar-refractivity contribution in [2.24, 2.45) is 0 Å². The van der Waals surface area contributed by atoms with Gasteiger partial charge in [-0.2, -0.15) is 18.3 Å². The molecule has 0 atom stereocenters. The zero-order valence-corrected chi connectivity index (χ0v) is 13.6. The van der Waals surface area contributed by atoms with Crippen LogP contribution in [0.25, 0.3) is 0 Å². The molecule has 0 unspecified atom stereocenters. The highest BCUT2D eigenvalue weighted by Gasteiger charge is 2.44. The molecule has 1 aliphatic rings. The molecule has 134 valence electrons. The minimum absolute atomic E-state index is 0.127. The van der Waals surface area contributed by atoms with E-state index in [0.29, 0.717) is 18.8 Å². The Bertz CT molecular complexity index is 802. The predicted octanol–water partition coefficient (Wildman–Crippen LogP) is 2.72. The number of carbonyl (C=O) groups is 1. The smallest absolute Gasteiger partial charge is 0.436 e. The SMILES string of the molecule is COC(=O)c1c(C(F)(F)F)nn2c1N(Cc1cccc(OC)c1)CC2. The molecule has 0 saturated carbocycles. The van der Waals surface area contributed by atoms with Gasteiger partial charge in [0, 0.05) is 13.1 Å². The molecule has 0 amide bonds. The fourth-order valence-electron chi connectivity index (χ4n) is 2.89. The molecule has 6 nitrogen and oxygen atoms in total. The summed E-state index contributed by atoms with van der Waals surface area (Å²) in [5.41, 5.74) is -0.918. The van der Waals surface area contributed by atoms with Gasteiger partial charge in [-0.25, -0.2) is 9.48 Å². The lowest BCUT2D eigenvalue weighted by molar-refractivity contribution is -0.142. The lowest BCUT2D eigenvalue weighted by atomic mass is 10.1. The Morgan fingerprint density at radius 1 is 1.28 bits per heavy atom. The summed E-state index contributed by atoms with van der Waals surface area (Å²) < 4.78 is 50.6. The number of esters is 1. The van der Waals surface area contributed by atoms with Gasteiger partial charge in [-0.3, -0.25) is 0 Å². The average molecular weight is 355 g/mol. The molecular formula is C16H16F3N3O3. The summed E-state index contributed by atoms with van der Waals surface area (Å²) in [7, 11) is 2.59. The van der Waals surface area contributed by atoms with Gasteiger partial charge in [0.05, 0.1) is 20.8 Å². The van der Waals surface area contributed by atoms with E-state index < -0.39 is 23.4 Å². The van der Waals surface area contributed by atoms with Gasteiger partial charge in [0.25, 0.3) is 0 Å². The van der Waals surface area contributed by atoms with Crippen LogP contribution in [0, 0.1) is 0 Å². The molecule has 0 radical (unpaired) electrons. The van der Waals surface area contributed by atoms with E-state index in [2.05, 4.69) is 9.84 Å². The molecule has 25 heavy (non-hydrogen) atoms. The first-order chi connectivity index (χ1) is 11.8. The van der Waals surface area contributed by atoms with E-state index in [1.165, 1.54) is 11.8 Å². The summed E-state index contributed by atoms with van der Waals surface area (Å²) in [5.74, 6) is -0.275. The van der Waals surface area contributed by atoms with Crippen molar-refractivity contribution in [2.75, 3.05) is 25.7 Å². The number of fused-ring (bicyclic) bond motifs is 1. The van der Waals surface area contributed by atoms with E-state index in [1.807, 2.05) is 6.07 Å². The maximum absolute atomic E-state index is 13.2. The van der Waals surface area contributed by atoms with Crippen molar-refractivity contribution in [1.82, 2.24) is 9.78 Å². The first-order valence-electron chi connectivity index (χ1n) is 7.49. The van der Waals surface area contributed by atoms with Crippen LogP contribution in [0.1, 0.15) is 21.6 Å². The van der Waals surface area contributed by atoms with Gasteiger partial charge in [-0.15, -0.1) is 0 Å². The van der Waals surface area contributed by atoms with Gasteiger partial charge in [0.1, 0.15) is 17.1 Å². The Hall–Kier alpha value is -2.71. The van der Waals surface area contributed by atoms with Crippen LogP contribution >= 0.6 is 0 Å². The van der Waals surface area contributed by atoms with Gasteiger partial charge in [-0.1, -0.05) is 12.1 Å². The van der Waals surface area contributed by atoms with Crippen LogP contribution in [0.2, 0.25) is 0 Å². The molecule has 0 saturated heterocycles. The maximum Gasteiger partial charge on any atom is 0.436 e. The van der Waals surface area contributed by atoms with E-state index in [9.17, 15) is 18.0 Å². The molecule has 0 aliphatic carbocycles. The number of anilines is 1. The van der Waals surface area contributed by atoms with Gasteiger partial charge in [0.2, 0.25) is 0 Å². The van der Waals surface area contributed by atoms with Crippen LogP contribution in [0.5, 0.6) is 5.75 Å². The molecule has 1 aromatic heterocycles. The summed E-state index contributed by atoms with van der Waals surface area (Å²) >= 11 is 0. The minimum Gasteiger partial charge on any atom is -0.497 e. The maximum atomic E-state index is 13.2. The topological polar surface area (TPSA) is 56.6 Å². The third kappa shape index (κ3) is 3.13. The summed E-state index contributed by atoms with van der Waals surface area (Å²) in [6, 6.07) is 7.20. The number of rotatable bonds is 4. The molecule has 0 bridgehead atoms. The molecule has 1 aromatic carbocycles. The highest BCUT2D eigenvalue weighted by atomic mass is 19.4. The van der Waals surface area contributed by atoms with Gasteiger partial charge in [0.15, 0.2) is 5.69 Å². The molecular weight excluding hydrogens is 339 g/mol. The number of ether oxygens (including phenoxy) is 2. The summed E-state index contributed by atoms with van der Waals surface area (Å²) in [5, 5.41) is 3.58. The van der Waals surface area contributed by atoms with Crippen LogP contribution in [0.15, 0.2) is 24.3 Å². The predicted molar refractivity (Wildman–Crippen MR) is 82.6 cm³/mol. The number of aromatic nitrogens is 2. The third-order valence-corrected chi connectivity index (χ3v) is 3.97. The first-order valence-corrected chi connectivity index (χ1v) is 7.49. The zero-order chi connectivity index (χ0) is 18.2. The van der Waals surface area contributed by atoms with E-state index in [0.717, 1.165) is 12.7 Å². The summed E-state index contributed by atoms with van der Waals surface area (Å²) in [6.45, 7) is 1.03. The molecule has 3 rings (SSSR count). The second-order valence-electron chi connectivity index (χ2n) is 5.53. The second-order valence-corrected chi connectivity index (χ2v) is 5.53. The second kappa shape index (κ2) is 6.30. The van der Waals surface area contributed by atoms with E-state index in [-0.39, 0.29) is 12.4 Å². The zero-order valence-electron chi connectivity index (χ0n) is 13.6. The molecule has 0 fully saturated rings. The van der Waals surface area contributed by atoms with E-state index in [4.69, 9.17) is 4.74 Å². The van der Waals surface area contributed by atoms with Crippen LogP contribution < -0.4 is 9.64 Å². The van der Waals surface area contributed by atoms with Crippen molar-refractivity contribution in [2.45, 2.75) is 19.3 Å². The number of alkyl halides is 3. The summed E-state index contributed by atoms with van der Waals surface area (Å²) in [6.07, 6.45) is -4.73. The number of hydrogen-bond acceptors (Lipinski definition) is 5. The number of hydrogen-bond donors (Lipinski definition) is 0.